The fourth-order valence-electron chi connectivity index (χ4n) is 2.85. The molecule has 158 valence electrons. The van der Waals surface area contributed by atoms with E-state index in [1.165, 1.54) is 5.56 Å². The van der Waals surface area contributed by atoms with Crippen molar-refractivity contribution in [2.75, 3.05) is 34.3 Å². The zero-order valence-electron chi connectivity index (χ0n) is 17.6. The molecule has 0 aromatic heterocycles. The molecule has 0 radical (unpaired) electrons. The van der Waals surface area contributed by atoms with Crippen molar-refractivity contribution >= 4 is 35.8 Å². The summed E-state index contributed by atoms with van der Waals surface area (Å²) < 4.78 is 5.21. The number of carbonyl (C=O) groups excluding carboxylic acids is 1. The van der Waals surface area contributed by atoms with Gasteiger partial charge in [0.2, 0.25) is 0 Å². The highest BCUT2D eigenvalue weighted by atomic mass is 127. The molecule has 0 unspecified atom stereocenters. The molecule has 0 saturated heterocycles. The lowest BCUT2D eigenvalue weighted by atomic mass is 10.1. The van der Waals surface area contributed by atoms with Gasteiger partial charge in [-0.05, 0) is 48.7 Å². The van der Waals surface area contributed by atoms with Crippen LogP contribution in [-0.4, -0.2) is 51.1 Å². The molecule has 2 rings (SSSR count). The monoisotopic (exact) mass is 510 g/mol. The Balaban J connectivity index is 0.00000420. The topological polar surface area (TPSA) is 66.0 Å². The van der Waals surface area contributed by atoms with Crippen LogP contribution in [0.5, 0.6) is 5.75 Å². The number of ether oxygens (including phenoxy) is 1. The van der Waals surface area contributed by atoms with Crippen LogP contribution in [0.25, 0.3) is 0 Å². The second kappa shape index (κ2) is 13.0. The van der Waals surface area contributed by atoms with Gasteiger partial charge in [-0.2, -0.15) is 0 Å². The van der Waals surface area contributed by atoms with Crippen molar-refractivity contribution in [1.29, 1.82) is 0 Å². The van der Waals surface area contributed by atoms with Gasteiger partial charge in [-0.1, -0.05) is 24.3 Å². The molecule has 7 heteroatoms. The molecule has 0 heterocycles. The summed E-state index contributed by atoms with van der Waals surface area (Å²) in [6.45, 7) is 4.26. The maximum atomic E-state index is 11.8. The predicted octanol–water partition coefficient (Wildman–Crippen LogP) is 3.31. The van der Waals surface area contributed by atoms with Crippen molar-refractivity contribution in [3.63, 3.8) is 0 Å². The molecule has 0 spiro atoms. The molecular formula is C22H31IN4O2. The molecule has 0 aliphatic rings. The van der Waals surface area contributed by atoms with Crippen LogP contribution in [0.2, 0.25) is 0 Å². The summed E-state index contributed by atoms with van der Waals surface area (Å²) in [5, 5.41) is 5.99. The van der Waals surface area contributed by atoms with E-state index >= 15 is 0 Å². The number of nitrogens with zero attached hydrogens (tertiary/aromatic N) is 2. The third-order valence-corrected chi connectivity index (χ3v) is 4.35. The summed E-state index contributed by atoms with van der Waals surface area (Å²) in [6.07, 6.45) is 0.774. The molecular weight excluding hydrogens is 479 g/mol. The zero-order valence-corrected chi connectivity index (χ0v) is 19.9. The lowest BCUT2D eigenvalue weighted by molar-refractivity contribution is 0.0963. The minimum absolute atomic E-state index is 0. The molecule has 0 aliphatic heterocycles. The van der Waals surface area contributed by atoms with E-state index in [1.807, 2.05) is 43.4 Å². The van der Waals surface area contributed by atoms with Gasteiger partial charge >= 0.3 is 0 Å². The lowest BCUT2D eigenvalue weighted by Gasteiger charge is -2.22. The number of hydrogen-bond acceptors (Lipinski definition) is 3. The van der Waals surface area contributed by atoms with Gasteiger partial charge in [0.05, 0.1) is 7.11 Å². The summed E-state index contributed by atoms with van der Waals surface area (Å²) in [6, 6.07) is 15.7. The first-order chi connectivity index (χ1) is 13.6. The van der Waals surface area contributed by atoms with Crippen LogP contribution >= 0.6 is 24.0 Å². The van der Waals surface area contributed by atoms with Gasteiger partial charge < -0.3 is 20.3 Å². The molecule has 2 aromatic rings. The molecule has 0 aliphatic carbocycles. The Morgan fingerprint density at radius 2 is 1.86 bits per heavy atom. The van der Waals surface area contributed by atoms with Gasteiger partial charge in [-0.3, -0.25) is 9.79 Å². The standard InChI is InChI=1S/C22H30N4O2.HI/c1-5-24-22(26(3)16-18-9-11-20(28-4)12-10-18)25-14-13-17-7-6-8-19(15-17)21(27)23-2;/h6-12,15H,5,13-14,16H2,1-4H3,(H,23,27)(H,24,25);1H. The third kappa shape index (κ3) is 7.92. The minimum atomic E-state index is -0.0714. The summed E-state index contributed by atoms with van der Waals surface area (Å²) in [5.74, 6) is 1.64. The molecule has 1 amide bonds. The van der Waals surface area contributed by atoms with Gasteiger partial charge in [0.15, 0.2) is 5.96 Å². The Bertz CT molecular complexity index is 794. The van der Waals surface area contributed by atoms with Crippen molar-refractivity contribution in [2.24, 2.45) is 4.99 Å². The summed E-state index contributed by atoms with van der Waals surface area (Å²) in [7, 11) is 5.33. The summed E-state index contributed by atoms with van der Waals surface area (Å²) >= 11 is 0. The van der Waals surface area contributed by atoms with Crippen LogP contribution < -0.4 is 15.4 Å². The van der Waals surface area contributed by atoms with Crippen LogP contribution in [0, 0.1) is 0 Å². The van der Waals surface area contributed by atoms with Crippen LogP contribution in [0.1, 0.15) is 28.4 Å². The minimum Gasteiger partial charge on any atom is -0.497 e. The molecule has 0 bridgehead atoms. The molecule has 2 N–H and O–H groups in total. The van der Waals surface area contributed by atoms with E-state index in [2.05, 4.69) is 34.6 Å². The van der Waals surface area contributed by atoms with Crippen molar-refractivity contribution in [1.82, 2.24) is 15.5 Å². The third-order valence-electron chi connectivity index (χ3n) is 4.35. The lowest BCUT2D eigenvalue weighted by Crippen LogP contribution is -2.38. The number of amides is 1. The normalized spacial score (nSPS) is 10.7. The molecule has 2 aromatic carbocycles. The number of hydrogen-bond donors (Lipinski definition) is 2. The predicted molar refractivity (Wildman–Crippen MR) is 129 cm³/mol. The number of nitrogens with one attached hydrogen (secondary N) is 2. The maximum absolute atomic E-state index is 11.8. The van der Waals surface area contributed by atoms with E-state index < -0.39 is 0 Å². The Kier molecular flexibility index (Phi) is 11.1. The van der Waals surface area contributed by atoms with Gasteiger partial charge in [0, 0.05) is 39.3 Å². The first-order valence-corrected chi connectivity index (χ1v) is 9.50. The average molecular weight is 510 g/mol. The Morgan fingerprint density at radius 1 is 1.14 bits per heavy atom. The van der Waals surface area contributed by atoms with Crippen molar-refractivity contribution in [3.05, 3.63) is 65.2 Å². The number of aliphatic imine (C=N–C) groups is 1. The molecule has 0 atom stereocenters. The highest BCUT2D eigenvalue weighted by Gasteiger charge is 2.07. The number of carbonyl (C=O) groups is 1. The molecule has 0 saturated carbocycles. The molecule has 6 nitrogen and oxygen atoms in total. The smallest absolute Gasteiger partial charge is 0.251 e. The van der Waals surface area contributed by atoms with Crippen molar-refractivity contribution in [3.8, 4) is 5.75 Å². The maximum Gasteiger partial charge on any atom is 0.251 e. The SMILES string of the molecule is CCNC(=NCCc1cccc(C(=O)NC)c1)N(C)Cc1ccc(OC)cc1.I. The van der Waals surface area contributed by atoms with Crippen LogP contribution in [-0.2, 0) is 13.0 Å². The van der Waals surface area contributed by atoms with E-state index in [-0.39, 0.29) is 29.9 Å². The average Bonchev–Trinajstić information content (AvgIpc) is 2.73. The quantitative estimate of drug-likeness (QED) is 0.325. The van der Waals surface area contributed by atoms with E-state index in [0.717, 1.165) is 36.8 Å². The van der Waals surface area contributed by atoms with E-state index in [4.69, 9.17) is 9.73 Å². The number of benzene rings is 2. The fraction of sp³-hybridized carbons (Fsp3) is 0.364. The van der Waals surface area contributed by atoms with Gasteiger partial charge in [0.1, 0.15) is 5.75 Å². The van der Waals surface area contributed by atoms with Gasteiger partial charge in [-0.15, -0.1) is 24.0 Å². The zero-order chi connectivity index (χ0) is 20.4. The van der Waals surface area contributed by atoms with Crippen molar-refractivity contribution < 1.29 is 9.53 Å². The second-order valence-electron chi connectivity index (χ2n) is 6.47. The van der Waals surface area contributed by atoms with E-state index in [9.17, 15) is 4.79 Å². The Labute approximate surface area is 190 Å². The Hall–Kier alpha value is -2.29. The summed E-state index contributed by atoms with van der Waals surface area (Å²) in [4.78, 5) is 18.6. The number of halogens is 1. The Morgan fingerprint density at radius 3 is 2.48 bits per heavy atom. The first kappa shape index (κ1) is 24.7. The highest BCUT2D eigenvalue weighted by molar-refractivity contribution is 14.0. The fourth-order valence-corrected chi connectivity index (χ4v) is 2.85. The molecule has 29 heavy (non-hydrogen) atoms. The van der Waals surface area contributed by atoms with Gasteiger partial charge in [0.25, 0.3) is 5.91 Å². The first-order valence-electron chi connectivity index (χ1n) is 9.50. The van der Waals surface area contributed by atoms with Crippen LogP contribution in [0.15, 0.2) is 53.5 Å². The molecule has 0 fully saturated rings. The number of methoxy groups -OCH3 is 1. The van der Waals surface area contributed by atoms with Gasteiger partial charge in [-0.25, -0.2) is 0 Å². The van der Waals surface area contributed by atoms with Crippen LogP contribution in [0.3, 0.4) is 0 Å². The summed E-state index contributed by atoms with van der Waals surface area (Å²) in [5.41, 5.74) is 2.96. The highest BCUT2D eigenvalue weighted by Crippen LogP contribution is 2.12. The number of guanidine groups is 1. The van der Waals surface area contributed by atoms with Crippen LogP contribution in [0.4, 0.5) is 0 Å². The second-order valence-corrected chi connectivity index (χ2v) is 6.47. The largest absolute Gasteiger partial charge is 0.497 e. The number of rotatable bonds is 8. The van der Waals surface area contributed by atoms with E-state index in [0.29, 0.717) is 12.1 Å². The van der Waals surface area contributed by atoms with Crippen molar-refractivity contribution in [2.45, 2.75) is 19.9 Å². The van der Waals surface area contributed by atoms with E-state index in [1.54, 1.807) is 14.2 Å².